The van der Waals surface area contributed by atoms with E-state index in [9.17, 15) is 13.9 Å². The summed E-state index contributed by atoms with van der Waals surface area (Å²) in [7, 11) is -9.74. The Morgan fingerprint density at radius 2 is 1.65 bits per heavy atom. The summed E-state index contributed by atoms with van der Waals surface area (Å²) in [6.45, 7) is -0.174. The minimum absolute atomic E-state index is 0.0344. The van der Waals surface area contributed by atoms with Crippen molar-refractivity contribution in [3.63, 3.8) is 0 Å². The summed E-state index contributed by atoms with van der Waals surface area (Å²) in [5.74, 6) is -0.450. The minimum Gasteiger partial charge on any atom is -0.355 e. The van der Waals surface area contributed by atoms with Gasteiger partial charge in [0.05, 0.1) is 6.54 Å². The van der Waals surface area contributed by atoms with Crippen LogP contribution in [-0.4, -0.2) is 44.0 Å². The lowest BCUT2D eigenvalue weighted by Crippen LogP contribution is -2.31. The average molecular weight is 290 g/mol. The summed E-state index contributed by atoms with van der Waals surface area (Å²) < 4.78 is 21.7. The van der Waals surface area contributed by atoms with Crippen LogP contribution in [0, 0.1) is 0 Å². The largest absolute Gasteiger partial charge is 0.355 e. The van der Waals surface area contributed by atoms with Crippen LogP contribution in [0.15, 0.2) is 0 Å². The molecule has 0 aliphatic heterocycles. The van der Waals surface area contributed by atoms with Crippen molar-refractivity contribution in [1.29, 1.82) is 0 Å². The van der Waals surface area contributed by atoms with Gasteiger partial charge in [0.1, 0.15) is 0 Å². The smallest absolute Gasteiger partial charge is 0.340 e. The van der Waals surface area contributed by atoms with Crippen molar-refractivity contribution in [1.82, 2.24) is 5.32 Å². The molecule has 0 aromatic carbocycles. The summed E-state index contributed by atoms with van der Waals surface area (Å²) in [6.07, 6.45) is -0.355. The van der Waals surface area contributed by atoms with E-state index < -0.39 is 26.5 Å². The molecule has 0 aliphatic rings. The van der Waals surface area contributed by atoms with Gasteiger partial charge >= 0.3 is 15.2 Å². The van der Waals surface area contributed by atoms with Crippen LogP contribution >= 0.6 is 15.2 Å². The summed E-state index contributed by atoms with van der Waals surface area (Å²) in [5, 5.41) is 0.297. The first-order valence-electron chi connectivity index (χ1n) is 4.66. The Bertz CT molecular complexity index is 326. The molecular formula is C6H16N2O7P2. The van der Waals surface area contributed by atoms with Crippen molar-refractivity contribution in [2.75, 3.05) is 13.1 Å². The van der Waals surface area contributed by atoms with Crippen molar-refractivity contribution in [3.05, 3.63) is 0 Å². The fourth-order valence-electron chi connectivity index (χ4n) is 1.12. The highest BCUT2D eigenvalue weighted by Crippen LogP contribution is 2.61. The summed E-state index contributed by atoms with van der Waals surface area (Å²) in [4.78, 5) is 45.8. The quantitative estimate of drug-likeness (QED) is 0.243. The summed E-state index contributed by atoms with van der Waals surface area (Å²) in [6, 6.07) is 0. The molecule has 0 spiro atoms. The van der Waals surface area contributed by atoms with Gasteiger partial charge in [-0.1, -0.05) is 0 Å². The third-order valence-electron chi connectivity index (χ3n) is 1.92. The van der Waals surface area contributed by atoms with Crippen LogP contribution in [0.3, 0.4) is 0 Å². The van der Waals surface area contributed by atoms with Crippen LogP contribution < -0.4 is 11.1 Å². The van der Waals surface area contributed by atoms with Crippen molar-refractivity contribution in [2.24, 2.45) is 5.73 Å². The molecule has 0 aliphatic carbocycles. The fourth-order valence-corrected chi connectivity index (χ4v) is 3.72. The first kappa shape index (κ1) is 16.7. The highest BCUT2D eigenvalue weighted by atomic mass is 31.2. The summed E-state index contributed by atoms with van der Waals surface area (Å²) in [5.41, 5.74) is 4.99. The van der Waals surface area contributed by atoms with Gasteiger partial charge in [0, 0.05) is 6.54 Å². The van der Waals surface area contributed by atoms with E-state index in [1.807, 2.05) is 0 Å². The molecule has 11 heteroatoms. The Balaban J connectivity index is 4.27. The molecule has 0 radical (unpaired) electrons. The lowest BCUT2D eigenvalue weighted by Gasteiger charge is -2.19. The number of carbonyl (C=O) groups excluding carboxylic acids is 1. The lowest BCUT2D eigenvalue weighted by atomic mass is 10.3. The summed E-state index contributed by atoms with van der Waals surface area (Å²) >= 11 is 0. The van der Waals surface area contributed by atoms with Gasteiger partial charge in [-0.3, -0.25) is 13.9 Å². The van der Waals surface area contributed by atoms with E-state index in [0.717, 1.165) is 0 Å². The van der Waals surface area contributed by atoms with E-state index in [-0.39, 0.29) is 25.9 Å². The molecule has 1 amide bonds. The first-order valence-corrected chi connectivity index (χ1v) is 8.02. The van der Waals surface area contributed by atoms with Crippen molar-refractivity contribution in [2.45, 2.75) is 18.2 Å². The van der Waals surface area contributed by atoms with Gasteiger partial charge in [-0.05, 0) is 12.8 Å². The highest BCUT2D eigenvalue weighted by molar-refractivity contribution is 7.70. The maximum atomic E-state index is 10.9. The monoisotopic (exact) mass is 290 g/mol. The Morgan fingerprint density at radius 3 is 2.00 bits per heavy atom. The Morgan fingerprint density at radius 1 is 1.18 bits per heavy atom. The maximum Gasteiger partial charge on any atom is 0.340 e. The van der Waals surface area contributed by atoms with Gasteiger partial charge in [0.2, 0.25) is 5.91 Å². The van der Waals surface area contributed by atoms with Crippen LogP contribution in [0.25, 0.3) is 0 Å². The van der Waals surface area contributed by atoms with Gasteiger partial charge in [-0.2, -0.15) is 0 Å². The molecule has 0 aromatic heterocycles. The zero-order valence-electron chi connectivity index (χ0n) is 8.89. The van der Waals surface area contributed by atoms with Gasteiger partial charge in [0.15, 0.2) is 5.40 Å². The van der Waals surface area contributed by atoms with Crippen LogP contribution in [0.1, 0.15) is 12.8 Å². The SMILES string of the molecule is NCC(=O)NCCCC(P(=O)(O)O)P(=O)(O)O. The molecule has 0 bridgehead atoms. The number of rotatable bonds is 7. The fraction of sp³-hybridized carbons (Fsp3) is 0.833. The molecule has 0 atom stereocenters. The standard InChI is InChI=1S/C6H16N2O7P2/c7-4-5(9)8-3-1-2-6(16(10,11)12)17(13,14)15/h6H,1-4,7H2,(H,8,9)(H2,10,11,12)(H2,13,14,15). The predicted octanol–water partition coefficient (Wildman–Crippen LogP) is -1.48. The van der Waals surface area contributed by atoms with Gasteiger partial charge < -0.3 is 30.6 Å². The molecule has 0 unspecified atom stereocenters. The molecule has 0 aromatic rings. The van der Waals surface area contributed by atoms with E-state index in [1.54, 1.807) is 0 Å². The number of carbonyl (C=O) groups is 1. The van der Waals surface area contributed by atoms with Gasteiger partial charge in [-0.15, -0.1) is 0 Å². The second-order valence-corrected chi connectivity index (χ2v) is 7.37. The number of nitrogens with one attached hydrogen (secondary N) is 1. The Hall–Kier alpha value is -0.270. The molecule has 0 saturated heterocycles. The number of hydrogen-bond donors (Lipinski definition) is 6. The van der Waals surface area contributed by atoms with E-state index in [2.05, 4.69) is 5.32 Å². The molecule has 17 heavy (non-hydrogen) atoms. The predicted molar refractivity (Wildman–Crippen MR) is 59.2 cm³/mol. The third-order valence-corrected chi connectivity index (χ3v) is 5.80. The zero-order chi connectivity index (χ0) is 13.7. The molecule has 9 nitrogen and oxygen atoms in total. The van der Waals surface area contributed by atoms with Crippen LogP contribution in [0.4, 0.5) is 0 Å². The van der Waals surface area contributed by atoms with Crippen LogP contribution in [0.5, 0.6) is 0 Å². The number of amides is 1. The van der Waals surface area contributed by atoms with Crippen molar-refractivity contribution >= 4 is 21.1 Å². The lowest BCUT2D eigenvalue weighted by molar-refractivity contribution is -0.119. The Labute approximate surface area is 97.7 Å². The zero-order valence-corrected chi connectivity index (χ0v) is 10.7. The molecule has 0 fully saturated rings. The molecular weight excluding hydrogens is 274 g/mol. The minimum atomic E-state index is -4.87. The molecule has 102 valence electrons. The average Bonchev–Trinajstić information content (AvgIpc) is 2.12. The molecule has 0 rings (SSSR count). The molecule has 0 heterocycles. The van der Waals surface area contributed by atoms with Crippen molar-refractivity contribution in [3.8, 4) is 0 Å². The Kier molecular flexibility index (Phi) is 6.50. The molecule has 0 saturated carbocycles. The van der Waals surface area contributed by atoms with Crippen LogP contribution in [0.2, 0.25) is 0 Å². The normalized spacial score (nSPS) is 12.8. The maximum absolute atomic E-state index is 10.9. The number of nitrogens with two attached hydrogens (primary N) is 1. The number of hydrogen-bond acceptors (Lipinski definition) is 4. The topological polar surface area (TPSA) is 170 Å². The highest BCUT2D eigenvalue weighted by Gasteiger charge is 2.42. The van der Waals surface area contributed by atoms with E-state index in [1.165, 1.54) is 0 Å². The van der Waals surface area contributed by atoms with Gasteiger partial charge in [0.25, 0.3) is 0 Å². The van der Waals surface area contributed by atoms with Crippen LogP contribution in [-0.2, 0) is 13.9 Å². The van der Waals surface area contributed by atoms with E-state index >= 15 is 0 Å². The second kappa shape index (κ2) is 6.61. The van der Waals surface area contributed by atoms with E-state index in [4.69, 9.17) is 25.3 Å². The van der Waals surface area contributed by atoms with Crippen molar-refractivity contribution < 1.29 is 33.5 Å². The molecule has 7 N–H and O–H groups in total. The van der Waals surface area contributed by atoms with E-state index in [0.29, 0.717) is 0 Å². The second-order valence-electron chi connectivity index (χ2n) is 3.36. The third kappa shape index (κ3) is 6.90. The first-order chi connectivity index (χ1) is 7.59. The van der Waals surface area contributed by atoms with Gasteiger partial charge in [-0.25, -0.2) is 0 Å².